The minimum atomic E-state index is -0.930. The smallest absolute Gasteiger partial charge is 0.238 e. The lowest BCUT2D eigenvalue weighted by Gasteiger charge is -2.28. The molecular weight excluding hydrogens is 354 g/mol. The molecule has 142 valence electrons. The fraction of sp³-hybridized carbons (Fsp3) is 0.227. The van der Waals surface area contributed by atoms with Crippen molar-refractivity contribution in [3.8, 4) is 0 Å². The monoisotopic (exact) mass is 375 g/mol. The van der Waals surface area contributed by atoms with E-state index in [9.17, 15) is 9.59 Å². The molecule has 3 aromatic rings. The highest BCUT2D eigenvalue weighted by atomic mass is 16.5. The highest BCUT2D eigenvalue weighted by Gasteiger charge is 2.50. The van der Waals surface area contributed by atoms with Crippen molar-refractivity contribution in [3.63, 3.8) is 0 Å². The second-order valence-electron chi connectivity index (χ2n) is 7.07. The van der Waals surface area contributed by atoms with Crippen molar-refractivity contribution in [2.75, 3.05) is 11.9 Å². The molecule has 0 bridgehead atoms. The first-order chi connectivity index (χ1) is 13.6. The third-order valence-electron chi connectivity index (χ3n) is 5.26. The van der Waals surface area contributed by atoms with Gasteiger partial charge in [-0.25, -0.2) is 0 Å². The first kappa shape index (κ1) is 18.0. The molecule has 1 aliphatic heterocycles. The number of aromatic nitrogens is 1. The molecule has 6 nitrogen and oxygen atoms in total. The second-order valence-corrected chi connectivity index (χ2v) is 7.07. The highest BCUT2D eigenvalue weighted by Crippen LogP contribution is 2.45. The maximum Gasteiger partial charge on any atom is 0.238 e. The molecule has 0 spiro atoms. The fourth-order valence-electron chi connectivity index (χ4n) is 3.92. The zero-order chi connectivity index (χ0) is 19.6. The zero-order valence-electron chi connectivity index (χ0n) is 15.6. The molecule has 4 rings (SSSR count). The number of nitrogens with zero attached hydrogens (tertiary/aromatic N) is 2. The summed E-state index contributed by atoms with van der Waals surface area (Å²) in [5.41, 5.74) is 2.47. The number of nitrogens with one attached hydrogen (secondary N) is 1. The van der Waals surface area contributed by atoms with Gasteiger partial charge in [-0.1, -0.05) is 53.7 Å². The van der Waals surface area contributed by atoms with Crippen molar-refractivity contribution in [1.82, 2.24) is 10.5 Å². The van der Waals surface area contributed by atoms with Crippen molar-refractivity contribution in [1.29, 1.82) is 0 Å². The van der Waals surface area contributed by atoms with Gasteiger partial charge in [-0.3, -0.25) is 9.59 Å². The summed E-state index contributed by atoms with van der Waals surface area (Å²) in [6, 6.07) is 19.2. The molecule has 0 fully saturated rings. The molecule has 0 unspecified atom stereocenters. The molecular formula is C22H21N3O3. The first-order valence-corrected chi connectivity index (χ1v) is 9.18. The summed E-state index contributed by atoms with van der Waals surface area (Å²) in [4.78, 5) is 27.8. The molecule has 2 amide bonds. The summed E-state index contributed by atoms with van der Waals surface area (Å²) in [7, 11) is 1.77. The van der Waals surface area contributed by atoms with E-state index in [0.29, 0.717) is 12.1 Å². The van der Waals surface area contributed by atoms with E-state index in [4.69, 9.17) is 4.52 Å². The standard InChI is InChI=1S/C22H21N3O3/c1-25-19-10-6-5-9-18(19)22(21(25)27,13-16-7-3-2-4-8-16)14-20(26)23-15-17-11-12-28-24-17/h2-12H,13-15H2,1H3,(H,23,26)/t22-/m1/s1. The number of amides is 2. The number of hydrogen-bond donors (Lipinski definition) is 1. The number of para-hydroxylation sites is 1. The van der Waals surface area contributed by atoms with E-state index >= 15 is 0 Å². The van der Waals surface area contributed by atoms with Crippen molar-refractivity contribution in [2.24, 2.45) is 0 Å². The first-order valence-electron chi connectivity index (χ1n) is 9.18. The summed E-state index contributed by atoms with van der Waals surface area (Å²) in [5, 5.41) is 6.66. The summed E-state index contributed by atoms with van der Waals surface area (Å²) < 4.78 is 4.79. The number of carbonyl (C=O) groups is 2. The van der Waals surface area contributed by atoms with Crippen LogP contribution >= 0.6 is 0 Å². The van der Waals surface area contributed by atoms with Gasteiger partial charge in [0, 0.05) is 25.2 Å². The largest absolute Gasteiger partial charge is 0.364 e. The second kappa shape index (κ2) is 7.31. The lowest BCUT2D eigenvalue weighted by atomic mass is 9.73. The van der Waals surface area contributed by atoms with Gasteiger partial charge in [0.25, 0.3) is 0 Å². The summed E-state index contributed by atoms with van der Waals surface area (Å²) >= 11 is 0. The van der Waals surface area contributed by atoms with Gasteiger partial charge >= 0.3 is 0 Å². The Balaban J connectivity index is 1.66. The quantitative estimate of drug-likeness (QED) is 0.719. The SMILES string of the molecule is CN1C(=O)[C@@](CC(=O)NCc2ccon2)(Cc2ccccc2)c2ccccc21. The van der Waals surface area contributed by atoms with Crippen molar-refractivity contribution < 1.29 is 14.1 Å². The molecule has 28 heavy (non-hydrogen) atoms. The molecule has 0 aliphatic carbocycles. The third kappa shape index (κ3) is 3.17. The van der Waals surface area contributed by atoms with Crippen LogP contribution in [0.5, 0.6) is 0 Å². The van der Waals surface area contributed by atoms with Gasteiger partial charge in [-0.05, 0) is 23.6 Å². The van der Waals surface area contributed by atoms with Crippen LogP contribution in [-0.4, -0.2) is 24.0 Å². The molecule has 1 aromatic heterocycles. The van der Waals surface area contributed by atoms with E-state index in [1.807, 2.05) is 54.6 Å². The van der Waals surface area contributed by atoms with Gasteiger partial charge in [0.05, 0.1) is 12.0 Å². The Labute approximate surface area is 163 Å². The average molecular weight is 375 g/mol. The molecule has 2 heterocycles. The van der Waals surface area contributed by atoms with Crippen LogP contribution < -0.4 is 10.2 Å². The topological polar surface area (TPSA) is 75.4 Å². The number of benzene rings is 2. The molecule has 1 aliphatic rings. The minimum absolute atomic E-state index is 0.0610. The van der Waals surface area contributed by atoms with Crippen LogP contribution in [0.1, 0.15) is 23.2 Å². The summed E-state index contributed by atoms with van der Waals surface area (Å²) in [5.74, 6) is -0.258. The van der Waals surface area contributed by atoms with E-state index in [1.165, 1.54) is 6.26 Å². The van der Waals surface area contributed by atoms with E-state index < -0.39 is 5.41 Å². The van der Waals surface area contributed by atoms with Crippen LogP contribution in [-0.2, 0) is 28.0 Å². The molecule has 0 saturated carbocycles. The molecule has 0 radical (unpaired) electrons. The number of carbonyl (C=O) groups excluding carboxylic acids is 2. The van der Waals surface area contributed by atoms with Crippen molar-refractivity contribution >= 4 is 17.5 Å². The lowest BCUT2D eigenvalue weighted by Crippen LogP contribution is -2.44. The number of fused-ring (bicyclic) bond motifs is 1. The van der Waals surface area contributed by atoms with E-state index in [2.05, 4.69) is 10.5 Å². The van der Waals surface area contributed by atoms with Crippen molar-refractivity contribution in [3.05, 3.63) is 83.7 Å². The number of rotatable bonds is 6. The Kier molecular flexibility index (Phi) is 4.69. The fourth-order valence-corrected chi connectivity index (χ4v) is 3.92. The Hall–Kier alpha value is -3.41. The van der Waals surface area contributed by atoms with Gasteiger partial charge in [-0.15, -0.1) is 0 Å². The Bertz CT molecular complexity index is 985. The minimum Gasteiger partial charge on any atom is -0.364 e. The van der Waals surface area contributed by atoms with E-state index in [1.54, 1.807) is 18.0 Å². The number of hydrogen-bond acceptors (Lipinski definition) is 4. The molecule has 6 heteroatoms. The van der Waals surface area contributed by atoms with Crippen LogP contribution in [0.15, 0.2) is 71.4 Å². The van der Waals surface area contributed by atoms with Gasteiger partial charge < -0.3 is 14.7 Å². The predicted octanol–water partition coefficient (Wildman–Crippen LogP) is 2.84. The van der Waals surface area contributed by atoms with Crippen LogP contribution in [0.2, 0.25) is 0 Å². The summed E-state index contributed by atoms with van der Waals surface area (Å²) in [6.45, 7) is 0.266. The highest BCUT2D eigenvalue weighted by molar-refractivity contribution is 6.09. The van der Waals surface area contributed by atoms with Crippen LogP contribution in [0, 0.1) is 0 Å². The predicted molar refractivity (Wildman–Crippen MR) is 105 cm³/mol. The van der Waals surface area contributed by atoms with Gasteiger partial charge in [0.1, 0.15) is 12.0 Å². The molecule has 1 N–H and O–H groups in total. The average Bonchev–Trinajstić information content (AvgIpc) is 3.31. The Morgan fingerprint density at radius 1 is 1.11 bits per heavy atom. The third-order valence-corrected chi connectivity index (χ3v) is 5.26. The summed E-state index contributed by atoms with van der Waals surface area (Å²) in [6.07, 6.45) is 2.00. The van der Waals surface area contributed by atoms with Crippen molar-refractivity contribution in [2.45, 2.75) is 24.8 Å². The van der Waals surface area contributed by atoms with Crippen LogP contribution in [0.4, 0.5) is 5.69 Å². The van der Waals surface area contributed by atoms with E-state index in [-0.39, 0.29) is 24.8 Å². The van der Waals surface area contributed by atoms with Gasteiger partial charge in [0.15, 0.2) is 0 Å². The maximum atomic E-state index is 13.4. The normalized spacial score (nSPS) is 18.2. The maximum absolute atomic E-state index is 13.4. The number of likely N-dealkylation sites (N-methyl/N-ethyl adjacent to an activating group) is 1. The Morgan fingerprint density at radius 3 is 2.61 bits per heavy atom. The van der Waals surface area contributed by atoms with Crippen LogP contribution in [0.3, 0.4) is 0 Å². The van der Waals surface area contributed by atoms with E-state index in [0.717, 1.165) is 16.8 Å². The van der Waals surface area contributed by atoms with Gasteiger partial charge in [-0.2, -0.15) is 0 Å². The molecule has 0 saturated heterocycles. The number of anilines is 1. The lowest BCUT2D eigenvalue weighted by molar-refractivity contribution is -0.129. The Morgan fingerprint density at radius 2 is 1.86 bits per heavy atom. The zero-order valence-corrected chi connectivity index (χ0v) is 15.6. The molecule has 2 aromatic carbocycles. The molecule has 1 atom stereocenters. The van der Waals surface area contributed by atoms with Gasteiger partial charge in [0.2, 0.25) is 11.8 Å². The van der Waals surface area contributed by atoms with Crippen LogP contribution in [0.25, 0.3) is 0 Å².